The molecule has 22 heavy (non-hydrogen) atoms. The van der Waals surface area contributed by atoms with Gasteiger partial charge in [-0.2, -0.15) is 0 Å². The lowest BCUT2D eigenvalue weighted by Gasteiger charge is -2.22. The van der Waals surface area contributed by atoms with Crippen molar-refractivity contribution >= 4 is 17.8 Å². The van der Waals surface area contributed by atoms with Crippen LogP contribution in [0.15, 0.2) is 30.4 Å². The van der Waals surface area contributed by atoms with Crippen LogP contribution in [0.25, 0.3) is 0 Å². The number of aryl methyl sites for hydroxylation is 1. The zero-order valence-electron chi connectivity index (χ0n) is 12.5. The largest absolute Gasteiger partial charge is 0.459 e. The predicted molar refractivity (Wildman–Crippen MR) is 79.0 cm³/mol. The summed E-state index contributed by atoms with van der Waals surface area (Å²) in [6, 6.07) is 5.09. The second-order valence-corrected chi connectivity index (χ2v) is 5.80. The van der Waals surface area contributed by atoms with E-state index in [0.29, 0.717) is 12.0 Å². The first kappa shape index (κ1) is 14.5. The van der Waals surface area contributed by atoms with Crippen molar-refractivity contribution in [1.29, 1.82) is 0 Å². The molecule has 5 nitrogen and oxygen atoms in total. The van der Waals surface area contributed by atoms with E-state index in [-0.39, 0.29) is 29.9 Å². The first-order chi connectivity index (χ1) is 10.5. The third-order valence-corrected chi connectivity index (χ3v) is 3.92. The Bertz CT molecular complexity index is 672. The molecular formula is C17H17NO4. The molecule has 5 heteroatoms. The molecule has 0 spiro atoms. The number of nitrogens with zero attached hydrogens (tertiary/aromatic N) is 1. The Kier molecular flexibility index (Phi) is 3.56. The van der Waals surface area contributed by atoms with Gasteiger partial charge < -0.3 is 4.74 Å². The number of rotatable bonds is 3. The molecule has 1 aliphatic carbocycles. The van der Waals surface area contributed by atoms with Gasteiger partial charge in [0.25, 0.3) is 11.8 Å². The number of fused-ring (bicyclic) bond motifs is 1. The van der Waals surface area contributed by atoms with Crippen LogP contribution in [0.2, 0.25) is 0 Å². The van der Waals surface area contributed by atoms with Crippen molar-refractivity contribution < 1.29 is 19.1 Å². The summed E-state index contributed by atoms with van der Waals surface area (Å²) in [6.45, 7) is 3.61. The lowest BCUT2D eigenvalue weighted by atomic mass is 10.0. The summed E-state index contributed by atoms with van der Waals surface area (Å²) in [5, 5.41) is 0. The van der Waals surface area contributed by atoms with Crippen molar-refractivity contribution in [3.05, 3.63) is 47.0 Å². The molecule has 0 saturated carbocycles. The predicted octanol–water partition coefficient (Wildman–Crippen LogP) is 2.16. The molecule has 0 N–H and O–H groups in total. The Morgan fingerprint density at radius 1 is 1.23 bits per heavy atom. The third-order valence-electron chi connectivity index (χ3n) is 3.92. The van der Waals surface area contributed by atoms with E-state index in [9.17, 15) is 14.4 Å². The van der Waals surface area contributed by atoms with Gasteiger partial charge in [-0.05, 0) is 49.9 Å². The summed E-state index contributed by atoms with van der Waals surface area (Å²) in [7, 11) is 0. The van der Waals surface area contributed by atoms with Gasteiger partial charge in [-0.25, -0.2) is 4.79 Å². The van der Waals surface area contributed by atoms with Crippen LogP contribution in [0.5, 0.6) is 0 Å². The van der Waals surface area contributed by atoms with Crippen LogP contribution in [0.4, 0.5) is 0 Å². The SMILES string of the molecule is CC(C)OC(=O)c1ccc2c(c1)CC[C@@H]2N1C(=O)C=CC1=O. The molecule has 0 saturated heterocycles. The second-order valence-electron chi connectivity index (χ2n) is 5.80. The summed E-state index contributed by atoms with van der Waals surface area (Å²) >= 11 is 0. The van der Waals surface area contributed by atoms with Gasteiger partial charge in [-0.1, -0.05) is 6.07 Å². The normalized spacial score (nSPS) is 20.0. The fourth-order valence-corrected chi connectivity index (χ4v) is 2.99. The number of ether oxygens (including phenoxy) is 1. The molecule has 0 fully saturated rings. The third kappa shape index (κ3) is 2.43. The van der Waals surface area contributed by atoms with Crippen LogP contribution in [-0.2, 0) is 20.7 Å². The highest BCUT2D eigenvalue weighted by Gasteiger charge is 2.36. The van der Waals surface area contributed by atoms with Gasteiger partial charge in [0.15, 0.2) is 0 Å². The van der Waals surface area contributed by atoms with Gasteiger partial charge in [-0.15, -0.1) is 0 Å². The van der Waals surface area contributed by atoms with Crippen LogP contribution in [0, 0.1) is 0 Å². The van der Waals surface area contributed by atoms with Gasteiger partial charge >= 0.3 is 5.97 Å². The number of benzene rings is 1. The van der Waals surface area contributed by atoms with Crippen LogP contribution in [-0.4, -0.2) is 28.8 Å². The highest BCUT2D eigenvalue weighted by atomic mass is 16.5. The molecule has 0 radical (unpaired) electrons. The van der Waals surface area contributed by atoms with E-state index in [1.807, 2.05) is 6.07 Å². The maximum atomic E-state index is 11.9. The lowest BCUT2D eigenvalue weighted by Crippen LogP contribution is -2.33. The topological polar surface area (TPSA) is 63.7 Å². The molecule has 1 heterocycles. The Balaban J connectivity index is 1.86. The Hall–Kier alpha value is -2.43. The Labute approximate surface area is 128 Å². The molecule has 3 rings (SSSR count). The van der Waals surface area contributed by atoms with E-state index in [2.05, 4.69) is 0 Å². The molecule has 0 bridgehead atoms. The van der Waals surface area contributed by atoms with Crippen molar-refractivity contribution in [2.24, 2.45) is 0 Å². The summed E-state index contributed by atoms with van der Waals surface area (Å²) < 4.78 is 5.19. The molecular weight excluding hydrogens is 282 g/mol. The number of esters is 1. The van der Waals surface area contributed by atoms with Gasteiger partial charge in [0.2, 0.25) is 0 Å². The van der Waals surface area contributed by atoms with Gasteiger partial charge in [0.1, 0.15) is 0 Å². The number of imide groups is 1. The zero-order chi connectivity index (χ0) is 15.9. The fraction of sp³-hybridized carbons (Fsp3) is 0.353. The summed E-state index contributed by atoms with van der Waals surface area (Å²) in [5.74, 6) is -0.895. The smallest absolute Gasteiger partial charge is 0.338 e. The molecule has 1 aromatic rings. The first-order valence-corrected chi connectivity index (χ1v) is 7.36. The average molecular weight is 299 g/mol. The number of carbonyl (C=O) groups is 3. The molecule has 2 aliphatic rings. The molecule has 2 amide bonds. The summed E-state index contributed by atoms with van der Waals surface area (Å²) in [6.07, 6.45) is 3.86. The second kappa shape index (κ2) is 5.40. The monoisotopic (exact) mass is 299 g/mol. The number of carbonyl (C=O) groups excluding carboxylic acids is 3. The average Bonchev–Trinajstić information content (AvgIpc) is 3.01. The van der Waals surface area contributed by atoms with Crippen LogP contribution < -0.4 is 0 Å². The molecule has 0 unspecified atom stereocenters. The van der Waals surface area contributed by atoms with Crippen LogP contribution in [0.3, 0.4) is 0 Å². The maximum absolute atomic E-state index is 11.9. The highest BCUT2D eigenvalue weighted by molar-refractivity contribution is 6.13. The molecule has 1 aromatic carbocycles. The van der Waals surface area contributed by atoms with Gasteiger partial charge in [-0.3, -0.25) is 14.5 Å². The van der Waals surface area contributed by atoms with E-state index in [4.69, 9.17) is 4.74 Å². The van der Waals surface area contributed by atoms with E-state index in [1.165, 1.54) is 17.1 Å². The van der Waals surface area contributed by atoms with Gasteiger partial charge in [0.05, 0.1) is 17.7 Å². The standard InChI is InChI=1S/C17H17NO4/c1-10(2)22-17(21)12-3-5-13-11(9-12)4-6-14(13)18-15(19)7-8-16(18)20/h3,5,7-10,14H,4,6H2,1-2H3/t14-/m0/s1. The number of hydrogen-bond donors (Lipinski definition) is 0. The molecule has 114 valence electrons. The lowest BCUT2D eigenvalue weighted by molar-refractivity contribution is -0.139. The van der Waals surface area contributed by atoms with Crippen LogP contribution >= 0.6 is 0 Å². The molecule has 0 aromatic heterocycles. The van der Waals surface area contributed by atoms with Crippen molar-refractivity contribution in [3.8, 4) is 0 Å². The minimum atomic E-state index is -0.351. The quantitative estimate of drug-likeness (QED) is 0.634. The van der Waals surface area contributed by atoms with Crippen molar-refractivity contribution in [1.82, 2.24) is 4.90 Å². The van der Waals surface area contributed by atoms with E-state index >= 15 is 0 Å². The minimum absolute atomic E-state index is 0.167. The van der Waals surface area contributed by atoms with Crippen molar-refractivity contribution in [2.75, 3.05) is 0 Å². The Morgan fingerprint density at radius 2 is 1.91 bits per heavy atom. The highest BCUT2D eigenvalue weighted by Crippen LogP contribution is 2.37. The van der Waals surface area contributed by atoms with Gasteiger partial charge in [0, 0.05) is 12.2 Å². The zero-order valence-corrected chi connectivity index (χ0v) is 12.5. The first-order valence-electron chi connectivity index (χ1n) is 7.36. The van der Waals surface area contributed by atoms with E-state index in [1.54, 1.807) is 26.0 Å². The number of amides is 2. The number of hydrogen-bond acceptors (Lipinski definition) is 4. The Morgan fingerprint density at radius 3 is 2.55 bits per heavy atom. The van der Waals surface area contributed by atoms with Crippen LogP contribution in [0.1, 0.15) is 47.8 Å². The summed E-state index contributed by atoms with van der Waals surface area (Å²) in [5.41, 5.74) is 2.44. The van der Waals surface area contributed by atoms with E-state index < -0.39 is 0 Å². The summed E-state index contributed by atoms with van der Waals surface area (Å²) in [4.78, 5) is 36.9. The molecule has 1 atom stereocenters. The maximum Gasteiger partial charge on any atom is 0.338 e. The fourth-order valence-electron chi connectivity index (χ4n) is 2.99. The van der Waals surface area contributed by atoms with Crippen molar-refractivity contribution in [2.45, 2.75) is 38.8 Å². The van der Waals surface area contributed by atoms with Crippen molar-refractivity contribution in [3.63, 3.8) is 0 Å². The van der Waals surface area contributed by atoms with E-state index in [0.717, 1.165) is 17.5 Å². The minimum Gasteiger partial charge on any atom is -0.459 e. The molecule has 1 aliphatic heterocycles.